The third-order valence-electron chi connectivity index (χ3n) is 4.64. The summed E-state index contributed by atoms with van der Waals surface area (Å²) in [5, 5.41) is 0. The van der Waals surface area contributed by atoms with Crippen molar-refractivity contribution in [3.63, 3.8) is 0 Å². The zero-order valence-electron chi connectivity index (χ0n) is 11.8. The smallest absolute Gasteiger partial charge is 0.226 e. The van der Waals surface area contributed by atoms with Crippen LogP contribution in [-0.2, 0) is 4.79 Å². The summed E-state index contributed by atoms with van der Waals surface area (Å²) in [6, 6.07) is 0.588. The highest BCUT2D eigenvalue weighted by molar-refractivity contribution is 5.79. The molecule has 1 heterocycles. The summed E-state index contributed by atoms with van der Waals surface area (Å²) in [5.74, 6) is 1.01. The Bertz CT molecular complexity index is 285. The molecule has 2 fully saturated rings. The molecule has 1 saturated heterocycles. The maximum absolute atomic E-state index is 12.5. The Labute approximate surface area is 110 Å². The summed E-state index contributed by atoms with van der Waals surface area (Å²) in [5.41, 5.74) is 5.77. The van der Waals surface area contributed by atoms with E-state index in [1.165, 1.54) is 6.42 Å². The predicted molar refractivity (Wildman–Crippen MR) is 73.2 cm³/mol. The number of nitrogens with two attached hydrogens (primary N) is 1. The number of rotatable bonds is 3. The Morgan fingerprint density at radius 3 is 2.44 bits per heavy atom. The third kappa shape index (κ3) is 2.86. The molecule has 4 heteroatoms. The fourth-order valence-electron chi connectivity index (χ4n) is 3.34. The van der Waals surface area contributed by atoms with E-state index in [1.54, 1.807) is 0 Å². The van der Waals surface area contributed by atoms with Gasteiger partial charge in [-0.05, 0) is 39.2 Å². The van der Waals surface area contributed by atoms with Crippen LogP contribution in [0, 0.1) is 11.8 Å². The topological polar surface area (TPSA) is 49.6 Å². The van der Waals surface area contributed by atoms with Gasteiger partial charge in [-0.3, -0.25) is 9.69 Å². The molecule has 0 unspecified atom stereocenters. The van der Waals surface area contributed by atoms with Gasteiger partial charge in [0.05, 0.1) is 0 Å². The first kappa shape index (κ1) is 13.8. The maximum atomic E-state index is 12.5. The summed E-state index contributed by atoms with van der Waals surface area (Å²) in [4.78, 5) is 17.0. The molecule has 1 amide bonds. The molecule has 4 nitrogen and oxygen atoms in total. The maximum Gasteiger partial charge on any atom is 0.226 e. The number of hydrogen-bond donors (Lipinski definition) is 1. The van der Waals surface area contributed by atoms with Crippen molar-refractivity contribution in [1.82, 2.24) is 9.80 Å². The average molecular weight is 253 g/mol. The normalized spacial score (nSPS) is 30.1. The van der Waals surface area contributed by atoms with Crippen LogP contribution in [0.4, 0.5) is 0 Å². The minimum absolute atomic E-state index is 0.209. The lowest BCUT2D eigenvalue weighted by Crippen LogP contribution is -2.52. The van der Waals surface area contributed by atoms with Gasteiger partial charge in [-0.2, -0.15) is 0 Å². The second-order valence-electron chi connectivity index (χ2n) is 5.99. The highest BCUT2D eigenvalue weighted by atomic mass is 16.2. The highest BCUT2D eigenvalue weighted by Gasteiger charge is 2.35. The molecular weight excluding hydrogens is 226 g/mol. The zero-order valence-corrected chi connectivity index (χ0v) is 11.8. The Hall–Kier alpha value is -0.610. The fraction of sp³-hybridized carbons (Fsp3) is 0.929. The SMILES string of the molecule is CC(C)N1CCN(C(=O)[C@@H]2CCC[C@@H]2CN)CC1. The van der Waals surface area contributed by atoms with Crippen molar-refractivity contribution in [2.75, 3.05) is 32.7 Å². The number of nitrogens with zero attached hydrogens (tertiary/aromatic N) is 2. The summed E-state index contributed by atoms with van der Waals surface area (Å²) >= 11 is 0. The molecule has 2 atom stereocenters. The molecule has 1 aliphatic carbocycles. The van der Waals surface area contributed by atoms with Gasteiger partial charge in [0.15, 0.2) is 0 Å². The van der Waals surface area contributed by atoms with Gasteiger partial charge in [0, 0.05) is 38.1 Å². The lowest BCUT2D eigenvalue weighted by Gasteiger charge is -2.38. The van der Waals surface area contributed by atoms with Crippen LogP contribution in [0.2, 0.25) is 0 Å². The average Bonchev–Trinajstić information content (AvgIpc) is 2.86. The molecule has 2 rings (SSSR count). The van der Waals surface area contributed by atoms with E-state index in [4.69, 9.17) is 5.73 Å². The van der Waals surface area contributed by atoms with Crippen molar-refractivity contribution in [2.45, 2.75) is 39.2 Å². The molecule has 18 heavy (non-hydrogen) atoms. The first-order chi connectivity index (χ1) is 8.63. The van der Waals surface area contributed by atoms with Crippen molar-refractivity contribution in [1.29, 1.82) is 0 Å². The van der Waals surface area contributed by atoms with Gasteiger partial charge < -0.3 is 10.6 Å². The lowest BCUT2D eigenvalue weighted by molar-refractivity contribution is -0.138. The van der Waals surface area contributed by atoms with E-state index in [2.05, 4.69) is 23.6 Å². The van der Waals surface area contributed by atoms with E-state index < -0.39 is 0 Å². The first-order valence-corrected chi connectivity index (χ1v) is 7.36. The van der Waals surface area contributed by atoms with Crippen LogP contribution >= 0.6 is 0 Å². The summed E-state index contributed by atoms with van der Waals surface area (Å²) in [6.07, 6.45) is 3.36. The monoisotopic (exact) mass is 253 g/mol. The van der Waals surface area contributed by atoms with Crippen LogP contribution in [-0.4, -0.2) is 54.5 Å². The molecule has 1 aliphatic heterocycles. The largest absolute Gasteiger partial charge is 0.340 e. The number of carbonyl (C=O) groups excluding carboxylic acids is 1. The van der Waals surface area contributed by atoms with E-state index in [9.17, 15) is 4.79 Å². The molecule has 2 aliphatic rings. The van der Waals surface area contributed by atoms with Crippen LogP contribution in [0.15, 0.2) is 0 Å². The molecule has 0 aromatic carbocycles. The molecule has 0 radical (unpaired) electrons. The van der Waals surface area contributed by atoms with Crippen LogP contribution in [0.3, 0.4) is 0 Å². The van der Waals surface area contributed by atoms with Crippen molar-refractivity contribution < 1.29 is 4.79 Å². The van der Waals surface area contributed by atoms with Gasteiger partial charge in [-0.15, -0.1) is 0 Å². The molecule has 2 N–H and O–H groups in total. The fourth-order valence-corrected chi connectivity index (χ4v) is 3.34. The Balaban J connectivity index is 1.87. The summed E-state index contributed by atoms with van der Waals surface area (Å²) < 4.78 is 0. The Kier molecular flexibility index (Phi) is 4.62. The van der Waals surface area contributed by atoms with Crippen LogP contribution in [0.1, 0.15) is 33.1 Å². The molecule has 104 valence electrons. The molecule has 0 aromatic heterocycles. The number of hydrogen-bond acceptors (Lipinski definition) is 3. The summed E-state index contributed by atoms with van der Waals surface area (Å²) in [7, 11) is 0. The summed E-state index contributed by atoms with van der Waals surface area (Å²) in [6.45, 7) is 8.93. The number of amides is 1. The Morgan fingerprint density at radius 2 is 1.89 bits per heavy atom. The van der Waals surface area contributed by atoms with Crippen LogP contribution in [0.5, 0.6) is 0 Å². The molecule has 0 bridgehead atoms. The van der Waals surface area contributed by atoms with Gasteiger partial charge in [-0.25, -0.2) is 0 Å². The first-order valence-electron chi connectivity index (χ1n) is 7.36. The lowest BCUT2D eigenvalue weighted by atomic mass is 9.94. The van der Waals surface area contributed by atoms with Gasteiger partial charge in [0.2, 0.25) is 5.91 Å². The van der Waals surface area contributed by atoms with Crippen LogP contribution < -0.4 is 5.73 Å². The molecular formula is C14H27N3O. The third-order valence-corrected chi connectivity index (χ3v) is 4.64. The second kappa shape index (κ2) is 6.02. The van der Waals surface area contributed by atoms with Crippen molar-refractivity contribution in [2.24, 2.45) is 17.6 Å². The molecule has 0 spiro atoms. The van der Waals surface area contributed by atoms with E-state index in [-0.39, 0.29) is 5.92 Å². The minimum atomic E-state index is 0.209. The standard InChI is InChI=1S/C14H27N3O/c1-11(2)16-6-8-17(9-7-16)14(18)13-5-3-4-12(13)10-15/h11-13H,3-10,15H2,1-2H3/t12-,13-/m1/s1. The molecule has 0 aromatic rings. The van der Waals surface area contributed by atoms with E-state index >= 15 is 0 Å². The van der Waals surface area contributed by atoms with Crippen molar-refractivity contribution in [3.05, 3.63) is 0 Å². The second-order valence-corrected chi connectivity index (χ2v) is 5.99. The van der Waals surface area contributed by atoms with E-state index in [1.807, 2.05) is 0 Å². The van der Waals surface area contributed by atoms with Gasteiger partial charge >= 0.3 is 0 Å². The Morgan fingerprint density at radius 1 is 1.22 bits per heavy atom. The van der Waals surface area contributed by atoms with Gasteiger partial charge in [0.25, 0.3) is 0 Å². The van der Waals surface area contributed by atoms with Crippen molar-refractivity contribution in [3.8, 4) is 0 Å². The number of piperazine rings is 1. The molecule has 1 saturated carbocycles. The predicted octanol–water partition coefficient (Wildman–Crippen LogP) is 0.914. The minimum Gasteiger partial charge on any atom is -0.340 e. The van der Waals surface area contributed by atoms with Gasteiger partial charge in [-0.1, -0.05) is 6.42 Å². The van der Waals surface area contributed by atoms with Crippen LogP contribution in [0.25, 0.3) is 0 Å². The van der Waals surface area contributed by atoms with E-state index in [0.29, 0.717) is 24.4 Å². The highest BCUT2D eigenvalue weighted by Crippen LogP contribution is 2.32. The van der Waals surface area contributed by atoms with Crippen molar-refractivity contribution >= 4 is 5.91 Å². The zero-order chi connectivity index (χ0) is 13.1. The van der Waals surface area contributed by atoms with Gasteiger partial charge in [0.1, 0.15) is 0 Å². The van der Waals surface area contributed by atoms with E-state index in [0.717, 1.165) is 39.0 Å². The quantitative estimate of drug-likeness (QED) is 0.813. The number of carbonyl (C=O) groups is 1.